The van der Waals surface area contributed by atoms with Crippen LogP contribution in [-0.4, -0.2) is 27.3 Å². The van der Waals surface area contributed by atoms with Crippen LogP contribution in [0, 0.1) is 11.8 Å². The molecule has 1 aromatic carbocycles. The summed E-state index contributed by atoms with van der Waals surface area (Å²) in [6.07, 6.45) is -0.0149. The Balaban J connectivity index is 2.37. The van der Waals surface area contributed by atoms with Gasteiger partial charge < -0.3 is 10.2 Å². The van der Waals surface area contributed by atoms with Crippen LogP contribution in [0.25, 0.3) is 0 Å². The third kappa shape index (κ3) is 3.36. The summed E-state index contributed by atoms with van der Waals surface area (Å²) in [6.45, 7) is 10.2. The molecule has 2 N–H and O–H groups in total. The fourth-order valence-electron chi connectivity index (χ4n) is 3.33. The zero-order chi connectivity index (χ0) is 15.6. The Morgan fingerprint density at radius 1 is 1.38 bits per heavy atom. The molecule has 1 aromatic rings. The zero-order valence-corrected chi connectivity index (χ0v) is 13.9. The Morgan fingerprint density at radius 3 is 2.52 bits per heavy atom. The number of thioether (sulfide) groups is 1. The van der Waals surface area contributed by atoms with Crippen LogP contribution in [-0.2, 0) is 5.60 Å². The van der Waals surface area contributed by atoms with Crippen molar-refractivity contribution in [3.8, 4) is 0 Å². The highest BCUT2D eigenvalue weighted by atomic mass is 32.2. The van der Waals surface area contributed by atoms with Crippen LogP contribution in [0.3, 0.4) is 0 Å². The van der Waals surface area contributed by atoms with Gasteiger partial charge in [0.15, 0.2) is 0 Å². The fraction of sp³-hybridized carbons (Fsp3) is 0.556. The second kappa shape index (κ2) is 6.55. The van der Waals surface area contributed by atoms with Crippen molar-refractivity contribution in [2.75, 3.05) is 5.75 Å². The maximum absolute atomic E-state index is 11.3. The SMILES string of the molecule is C=C(C)C[C@@H](O)[C@@H]1[C@@H](C(C)C)SC[C@@]1(O)c1ccccc1. The Hall–Kier alpha value is -0.770. The number of aliphatic hydroxyl groups excluding tert-OH is 1. The average Bonchev–Trinajstić information content (AvgIpc) is 2.78. The van der Waals surface area contributed by atoms with Crippen LogP contribution >= 0.6 is 11.8 Å². The summed E-state index contributed by atoms with van der Waals surface area (Å²) in [5, 5.41) is 22.3. The monoisotopic (exact) mass is 306 g/mol. The predicted molar refractivity (Wildman–Crippen MR) is 90.4 cm³/mol. The van der Waals surface area contributed by atoms with E-state index in [1.165, 1.54) is 0 Å². The van der Waals surface area contributed by atoms with E-state index < -0.39 is 11.7 Å². The molecule has 1 fully saturated rings. The molecule has 1 heterocycles. The fourth-order valence-corrected chi connectivity index (χ4v) is 5.13. The molecule has 0 saturated carbocycles. The maximum Gasteiger partial charge on any atom is 0.105 e. The molecule has 0 amide bonds. The van der Waals surface area contributed by atoms with Crippen molar-refractivity contribution in [1.29, 1.82) is 0 Å². The lowest BCUT2D eigenvalue weighted by atomic mass is 9.74. The third-order valence-electron chi connectivity index (χ3n) is 4.30. The highest BCUT2D eigenvalue weighted by molar-refractivity contribution is 8.00. The first-order valence-electron chi connectivity index (χ1n) is 7.58. The van der Waals surface area contributed by atoms with Crippen molar-refractivity contribution in [2.45, 2.75) is 44.1 Å². The first kappa shape index (κ1) is 16.6. The molecule has 0 radical (unpaired) electrons. The molecular formula is C18H26O2S. The minimum Gasteiger partial charge on any atom is -0.392 e. The van der Waals surface area contributed by atoms with E-state index in [1.807, 2.05) is 37.3 Å². The van der Waals surface area contributed by atoms with Gasteiger partial charge >= 0.3 is 0 Å². The van der Waals surface area contributed by atoms with E-state index in [0.29, 0.717) is 18.1 Å². The lowest BCUT2D eigenvalue weighted by Gasteiger charge is -2.37. The molecule has 2 nitrogen and oxygen atoms in total. The summed E-state index contributed by atoms with van der Waals surface area (Å²) in [4.78, 5) is 0. The number of aliphatic hydroxyl groups is 2. The van der Waals surface area contributed by atoms with Gasteiger partial charge in [0.25, 0.3) is 0 Å². The van der Waals surface area contributed by atoms with Gasteiger partial charge in [-0.3, -0.25) is 0 Å². The van der Waals surface area contributed by atoms with E-state index in [-0.39, 0.29) is 11.2 Å². The standard InChI is InChI=1S/C18H26O2S/c1-12(2)10-15(19)16-17(13(3)4)21-11-18(16,20)14-8-6-5-7-9-14/h5-9,13,15-17,19-20H,1,10-11H2,2-4H3/t15-,16-,17-,18-/m1/s1. The second-order valence-electron chi connectivity index (χ2n) is 6.56. The van der Waals surface area contributed by atoms with Crippen LogP contribution in [0.5, 0.6) is 0 Å². The van der Waals surface area contributed by atoms with Crippen LogP contribution in [0.2, 0.25) is 0 Å². The van der Waals surface area contributed by atoms with Crippen molar-refractivity contribution in [3.63, 3.8) is 0 Å². The molecule has 1 saturated heterocycles. The molecule has 4 atom stereocenters. The van der Waals surface area contributed by atoms with E-state index in [4.69, 9.17) is 0 Å². The predicted octanol–water partition coefficient (Wildman–Crippen LogP) is 3.59. The van der Waals surface area contributed by atoms with E-state index in [0.717, 1.165) is 11.1 Å². The molecule has 0 unspecified atom stereocenters. The van der Waals surface area contributed by atoms with Crippen molar-refractivity contribution in [3.05, 3.63) is 48.0 Å². The van der Waals surface area contributed by atoms with Gasteiger partial charge in [-0.1, -0.05) is 49.8 Å². The highest BCUT2D eigenvalue weighted by Crippen LogP contribution is 2.51. The maximum atomic E-state index is 11.3. The molecular weight excluding hydrogens is 280 g/mol. The molecule has 0 spiro atoms. The molecule has 0 aliphatic carbocycles. The van der Waals surface area contributed by atoms with Crippen molar-refractivity contribution in [2.24, 2.45) is 11.8 Å². The summed E-state index contributed by atoms with van der Waals surface area (Å²) >= 11 is 1.78. The lowest BCUT2D eigenvalue weighted by Crippen LogP contribution is -2.45. The second-order valence-corrected chi connectivity index (χ2v) is 7.73. The molecule has 1 aliphatic rings. The van der Waals surface area contributed by atoms with Gasteiger partial charge in [0.1, 0.15) is 5.60 Å². The molecule has 3 heteroatoms. The van der Waals surface area contributed by atoms with Crippen molar-refractivity contribution >= 4 is 11.8 Å². The highest BCUT2D eigenvalue weighted by Gasteiger charge is 2.52. The molecule has 21 heavy (non-hydrogen) atoms. The number of rotatable bonds is 5. The normalized spacial score (nSPS) is 30.6. The average molecular weight is 306 g/mol. The number of hydrogen-bond donors (Lipinski definition) is 2. The Kier molecular flexibility index (Phi) is 5.18. The minimum absolute atomic E-state index is 0.165. The van der Waals surface area contributed by atoms with Gasteiger partial charge in [-0.05, 0) is 24.8 Å². The lowest BCUT2D eigenvalue weighted by molar-refractivity contribution is -0.0567. The summed E-state index contributed by atoms with van der Waals surface area (Å²) in [7, 11) is 0. The first-order chi connectivity index (χ1) is 9.86. The molecule has 116 valence electrons. The quantitative estimate of drug-likeness (QED) is 0.817. The minimum atomic E-state index is -0.963. The first-order valence-corrected chi connectivity index (χ1v) is 8.63. The van der Waals surface area contributed by atoms with Crippen LogP contribution in [0.1, 0.15) is 32.8 Å². The van der Waals surface area contributed by atoms with E-state index in [2.05, 4.69) is 20.4 Å². The summed E-state index contributed by atoms with van der Waals surface area (Å²) in [6, 6.07) is 9.77. The Bertz CT molecular complexity index is 485. The third-order valence-corrected chi connectivity index (χ3v) is 6.13. The van der Waals surface area contributed by atoms with E-state index in [1.54, 1.807) is 11.8 Å². The van der Waals surface area contributed by atoms with Crippen LogP contribution < -0.4 is 0 Å². The van der Waals surface area contributed by atoms with Crippen molar-refractivity contribution in [1.82, 2.24) is 0 Å². The van der Waals surface area contributed by atoms with Gasteiger partial charge in [0.2, 0.25) is 0 Å². The number of benzene rings is 1. The van der Waals surface area contributed by atoms with Crippen molar-refractivity contribution < 1.29 is 10.2 Å². The van der Waals surface area contributed by atoms with Gasteiger partial charge in [-0.15, -0.1) is 6.58 Å². The Labute approximate surface area is 132 Å². The summed E-state index contributed by atoms with van der Waals surface area (Å²) < 4.78 is 0. The zero-order valence-electron chi connectivity index (χ0n) is 13.1. The van der Waals surface area contributed by atoms with Crippen LogP contribution in [0.4, 0.5) is 0 Å². The number of hydrogen-bond acceptors (Lipinski definition) is 3. The van der Waals surface area contributed by atoms with Gasteiger partial charge in [-0.25, -0.2) is 0 Å². The molecule has 2 rings (SSSR count). The molecule has 1 aliphatic heterocycles. The van der Waals surface area contributed by atoms with Crippen LogP contribution in [0.15, 0.2) is 42.5 Å². The Morgan fingerprint density at radius 2 is 2.00 bits per heavy atom. The summed E-state index contributed by atoms with van der Waals surface area (Å²) in [5.74, 6) is 0.886. The van der Waals surface area contributed by atoms with E-state index in [9.17, 15) is 10.2 Å². The largest absolute Gasteiger partial charge is 0.392 e. The smallest absolute Gasteiger partial charge is 0.105 e. The summed E-state index contributed by atoms with van der Waals surface area (Å²) in [5.41, 5.74) is 0.902. The van der Waals surface area contributed by atoms with Gasteiger partial charge in [0.05, 0.1) is 6.10 Å². The van der Waals surface area contributed by atoms with Gasteiger partial charge in [-0.2, -0.15) is 11.8 Å². The topological polar surface area (TPSA) is 40.5 Å². The molecule has 0 bridgehead atoms. The van der Waals surface area contributed by atoms with Gasteiger partial charge in [0, 0.05) is 16.9 Å². The molecule has 0 aromatic heterocycles. The van der Waals surface area contributed by atoms with E-state index >= 15 is 0 Å².